The molecule has 0 heterocycles. The molecule has 188 valence electrons. The third-order valence-electron chi connectivity index (χ3n) is 5.76. The van der Waals surface area contributed by atoms with E-state index in [0.29, 0.717) is 12.1 Å². The Labute approximate surface area is 214 Å². The highest BCUT2D eigenvalue weighted by Crippen LogP contribution is 2.27. The lowest BCUT2D eigenvalue weighted by Crippen LogP contribution is -2.23. The van der Waals surface area contributed by atoms with Gasteiger partial charge in [0.15, 0.2) is 0 Å². The van der Waals surface area contributed by atoms with Crippen LogP contribution in [0, 0.1) is 6.92 Å². The molecule has 36 heavy (non-hydrogen) atoms. The minimum atomic E-state index is -0.0599. The minimum Gasteiger partial charge on any atom is -0.385 e. The fourth-order valence-corrected chi connectivity index (χ4v) is 3.90. The van der Waals surface area contributed by atoms with Crippen LogP contribution < -0.4 is 26.8 Å². The van der Waals surface area contributed by atoms with Crippen molar-refractivity contribution >= 4 is 34.4 Å². The van der Waals surface area contributed by atoms with Gasteiger partial charge in [0.1, 0.15) is 0 Å². The lowest BCUT2D eigenvalue weighted by molar-refractivity contribution is 0.0955. The van der Waals surface area contributed by atoms with Crippen LogP contribution in [-0.2, 0) is 0 Å². The number of hydrogen-bond donors (Lipinski definition) is 5. The first-order chi connectivity index (χ1) is 17.5. The molecule has 1 amide bonds. The van der Waals surface area contributed by atoms with Gasteiger partial charge in [-0.25, -0.2) is 0 Å². The van der Waals surface area contributed by atoms with E-state index in [4.69, 9.17) is 0 Å². The number of carbonyl (C=O) groups excluding carboxylic acids is 1. The fourth-order valence-electron chi connectivity index (χ4n) is 3.90. The predicted molar refractivity (Wildman–Crippen MR) is 154 cm³/mol. The van der Waals surface area contributed by atoms with E-state index in [1.165, 1.54) is 0 Å². The lowest BCUT2D eigenvalue weighted by atomic mass is 10.1. The third kappa shape index (κ3) is 6.69. The summed E-state index contributed by atoms with van der Waals surface area (Å²) in [5.41, 5.74) is 14.8. The summed E-state index contributed by atoms with van der Waals surface area (Å²) in [6, 6.07) is 22.0. The van der Waals surface area contributed by atoms with Gasteiger partial charge in [-0.05, 0) is 63.1 Å². The zero-order valence-electron chi connectivity index (χ0n) is 21.7. The van der Waals surface area contributed by atoms with Crippen molar-refractivity contribution in [3.05, 3.63) is 102 Å². The van der Waals surface area contributed by atoms with E-state index >= 15 is 0 Å². The van der Waals surface area contributed by atoms with Crippen molar-refractivity contribution in [2.75, 3.05) is 29.3 Å². The van der Waals surface area contributed by atoms with Gasteiger partial charge in [0.25, 0.3) is 5.91 Å². The molecule has 0 aliphatic carbocycles. The molecule has 0 fully saturated rings. The van der Waals surface area contributed by atoms with Crippen molar-refractivity contribution in [3.63, 3.8) is 0 Å². The summed E-state index contributed by atoms with van der Waals surface area (Å²) in [7, 11) is 0. The molecule has 5 N–H and O–H groups in total. The fraction of sp³-hybridized carbons (Fsp3) is 0.233. The molecule has 0 aromatic heterocycles. The number of aryl methyl sites for hydroxylation is 1. The number of allylic oxidation sites excluding steroid dienone is 1. The zero-order valence-corrected chi connectivity index (χ0v) is 21.7. The third-order valence-corrected chi connectivity index (χ3v) is 5.76. The summed E-state index contributed by atoms with van der Waals surface area (Å²) >= 11 is 0. The van der Waals surface area contributed by atoms with Crippen LogP contribution in [0.25, 0.3) is 11.4 Å². The van der Waals surface area contributed by atoms with Crippen molar-refractivity contribution < 1.29 is 4.79 Å². The highest BCUT2D eigenvalue weighted by molar-refractivity contribution is 5.96. The number of rotatable bonds is 12. The number of para-hydroxylation sites is 2. The van der Waals surface area contributed by atoms with E-state index < -0.39 is 0 Å². The Balaban J connectivity index is 1.76. The second-order valence-corrected chi connectivity index (χ2v) is 8.46. The van der Waals surface area contributed by atoms with Crippen molar-refractivity contribution in [3.8, 4) is 0 Å². The van der Waals surface area contributed by atoms with Crippen LogP contribution in [-0.4, -0.2) is 19.0 Å². The van der Waals surface area contributed by atoms with E-state index in [1.807, 2.05) is 75.4 Å². The van der Waals surface area contributed by atoms with Crippen LogP contribution in [0.15, 0.2) is 79.4 Å². The van der Waals surface area contributed by atoms with Crippen molar-refractivity contribution in [2.24, 2.45) is 0 Å². The van der Waals surface area contributed by atoms with Gasteiger partial charge in [0, 0.05) is 46.9 Å². The number of hydrazine groups is 1. The van der Waals surface area contributed by atoms with E-state index in [-0.39, 0.29) is 5.91 Å². The Morgan fingerprint density at radius 1 is 0.889 bits per heavy atom. The molecular formula is C30H37N5O. The minimum absolute atomic E-state index is 0.0599. The Morgan fingerprint density at radius 3 is 2.25 bits per heavy atom. The number of anilines is 3. The van der Waals surface area contributed by atoms with E-state index in [9.17, 15) is 4.79 Å². The molecule has 3 aromatic carbocycles. The molecule has 3 aromatic rings. The van der Waals surface area contributed by atoms with Crippen molar-refractivity contribution in [1.82, 2.24) is 10.6 Å². The summed E-state index contributed by atoms with van der Waals surface area (Å²) < 4.78 is 0. The predicted octanol–water partition coefficient (Wildman–Crippen LogP) is 6.63. The molecule has 0 saturated carbocycles. The molecule has 6 nitrogen and oxygen atoms in total. The van der Waals surface area contributed by atoms with Gasteiger partial charge in [-0.1, -0.05) is 56.0 Å². The average molecular weight is 484 g/mol. The first-order valence-corrected chi connectivity index (χ1v) is 12.4. The second kappa shape index (κ2) is 13.0. The monoisotopic (exact) mass is 483 g/mol. The molecule has 0 unspecified atom stereocenters. The molecule has 0 saturated heterocycles. The van der Waals surface area contributed by atoms with Crippen LogP contribution in [0.2, 0.25) is 0 Å². The number of benzene rings is 3. The molecule has 0 aliphatic rings. The molecule has 3 rings (SSSR count). The Hall–Kier alpha value is -4.19. The smallest absolute Gasteiger partial charge is 0.251 e. The molecule has 0 aliphatic heterocycles. The summed E-state index contributed by atoms with van der Waals surface area (Å²) in [5.74, 6) is -0.0599. The van der Waals surface area contributed by atoms with E-state index in [0.717, 1.165) is 58.1 Å². The van der Waals surface area contributed by atoms with Crippen molar-refractivity contribution in [1.29, 1.82) is 0 Å². The maximum Gasteiger partial charge on any atom is 0.251 e. The maximum absolute atomic E-state index is 12.2. The summed E-state index contributed by atoms with van der Waals surface area (Å²) in [6.07, 6.45) is 3.09. The Bertz CT molecular complexity index is 1230. The molecule has 0 bridgehead atoms. The molecule has 0 spiro atoms. The Morgan fingerprint density at radius 2 is 1.58 bits per heavy atom. The summed E-state index contributed by atoms with van der Waals surface area (Å²) in [5, 5.41) is 9.84. The maximum atomic E-state index is 12.2. The quantitative estimate of drug-likeness (QED) is 0.187. The highest BCUT2D eigenvalue weighted by atomic mass is 16.1. The first kappa shape index (κ1) is 26.4. The Kier molecular flexibility index (Phi) is 9.57. The largest absolute Gasteiger partial charge is 0.385 e. The number of amides is 1. The molecular weight excluding hydrogens is 446 g/mol. The van der Waals surface area contributed by atoms with Crippen LogP contribution in [0.3, 0.4) is 0 Å². The second-order valence-electron chi connectivity index (χ2n) is 8.46. The van der Waals surface area contributed by atoms with Crippen LogP contribution in [0.5, 0.6) is 0 Å². The SMILES string of the molecule is C=C(N/C(=C/C)c1ccccc1NNc1ccc(C(=O)NCC)c(C)c1)c1ccccc1NCCC. The number of hydrogen-bond acceptors (Lipinski definition) is 5. The number of carbonyl (C=O) groups is 1. The van der Waals surface area contributed by atoms with Gasteiger partial charge >= 0.3 is 0 Å². The standard InChI is InChI=1S/C30H37N5O/c1-6-19-32-28-15-11-9-13-25(28)22(5)33-27(7-2)26-14-10-12-16-29(26)35-34-23-17-18-24(21(4)20-23)30(36)31-8-3/h7,9-18,20,32-35H,5-6,8,19H2,1-4H3,(H,31,36)/b27-7+. The van der Waals surface area contributed by atoms with Gasteiger partial charge < -0.3 is 26.8 Å². The normalized spacial score (nSPS) is 10.9. The molecule has 0 atom stereocenters. The van der Waals surface area contributed by atoms with Gasteiger partial charge in [-0.2, -0.15) is 0 Å². The molecule has 6 heteroatoms. The average Bonchev–Trinajstić information content (AvgIpc) is 2.89. The summed E-state index contributed by atoms with van der Waals surface area (Å²) in [6.45, 7) is 13.8. The van der Waals surface area contributed by atoms with Crippen LogP contribution >= 0.6 is 0 Å². The van der Waals surface area contributed by atoms with Gasteiger partial charge in [-0.15, -0.1) is 0 Å². The lowest BCUT2D eigenvalue weighted by Gasteiger charge is -2.20. The van der Waals surface area contributed by atoms with Crippen LogP contribution in [0.4, 0.5) is 17.1 Å². The van der Waals surface area contributed by atoms with Gasteiger partial charge in [-0.3, -0.25) is 4.79 Å². The first-order valence-electron chi connectivity index (χ1n) is 12.4. The summed E-state index contributed by atoms with van der Waals surface area (Å²) in [4.78, 5) is 12.2. The van der Waals surface area contributed by atoms with Gasteiger partial charge in [0.05, 0.1) is 11.4 Å². The highest BCUT2D eigenvalue weighted by Gasteiger charge is 2.12. The van der Waals surface area contributed by atoms with Gasteiger partial charge in [0.2, 0.25) is 0 Å². The van der Waals surface area contributed by atoms with Crippen LogP contribution in [0.1, 0.15) is 54.2 Å². The van der Waals surface area contributed by atoms with Crippen molar-refractivity contribution in [2.45, 2.75) is 34.1 Å². The topological polar surface area (TPSA) is 77.2 Å². The zero-order chi connectivity index (χ0) is 25.9. The van der Waals surface area contributed by atoms with E-state index in [2.05, 4.69) is 58.5 Å². The number of nitrogens with one attached hydrogen (secondary N) is 5. The molecule has 0 radical (unpaired) electrons. The van der Waals surface area contributed by atoms with E-state index in [1.54, 1.807) is 0 Å².